The predicted octanol–water partition coefficient (Wildman–Crippen LogP) is 6.17. The minimum atomic E-state index is 0. The molecule has 4 aromatic rings. The summed E-state index contributed by atoms with van der Waals surface area (Å²) in [6.45, 7) is 5.07. The van der Waals surface area contributed by atoms with E-state index in [9.17, 15) is 0 Å². The molecule has 0 saturated carbocycles. The fraction of sp³-hybridized carbons (Fsp3) is 0.120. The number of allylic oxidation sites excluding steroid dienone is 2. The first-order valence-corrected chi connectivity index (χ1v) is 9.10. The SMILES string of the molecule is CC(=[OH+])/C=C(/C)O.Cc1c[c-]c(-c2cc3ccc4ccccc4c3cn2)cc1.[Ir]. The summed E-state index contributed by atoms with van der Waals surface area (Å²) in [7, 11) is 0. The Morgan fingerprint density at radius 1 is 1.00 bits per heavy atom. The first-order chi connectivity index (χ1) is 13.4. The number of aryl methyl sites for hydroxylation is 1. The number of pyridine rings is 1. The van der Waals surface area contributed by atoms with Crippen molar-refractivity contribution in [1.29, 1.82) is 0 Å². The Kier molecular flexibility index (Phi) is 7.83. The Labute approximate surface area is 184 Å². The van der Waals surface area contributed by atoms with Crippen LogP contribution in [0.1, 0.15) is 19.4 Å². The van der Waals surface area contributed by atoms with Crippen LogP contribution in [-0.2, 0) is 20.1 Å². The second-order valence-electron chi connectivity index (χ2n) is 6.78. The molecule has 3 nitrogen and oxygen atoms in total. The van der Waals surface area contributed by atoms with Crippen molar-refractivity contribution in [3.8, 4) is 11.3 Å². The van der Waals surface area contributed by atoms with Crippen LogP contribution in [0.5, 0.6) is 0 Å². The Hall–Kier alpha value is -2.81. The molecule has 4 heteroatoms. The van der Waals surface area contributed by atoms with E-state index < -0.39 is 0 Å². The summed E-state index contributed by atoms with van der Waals surface area (Å²) in [6.07, 6.45) is 3.25. The fourth-order valence-corrected chi connectivity index (χ4v) is 3.01. The minimum absolute atomic E-state index is 0. The monoisotopic (exact) mass is 562 g/mol. The summed E-state index contributed by atoms with van der Waals surface area (Å²) < 4.78 is 0. The molecule has 0 aliphatic carbocycles. The molecular formula is C25H23IrNO2. The number of benzene rings is 3. The number of fused-ring (bicyclic) bond motifs is 3. The van der Waals surface area contributed by atoms with E-state index in [0.717, 1.165) is 11.3 Å². The number of hydrogen-bond donors (Lipinski definition) is 1. The van der Waals surface area contributed by atoms with Crippen molar-refractivity contribution in [2.24, 2.45) is 0 Å². The van der Waals surface area contributed by atoms with Crippen LogP contribution in [0.3, 0.4) is 0 Å². The predicted molar refractivity (Wildman–Crippen MR) is 117 cm³/mol. The molecular weight excluding hydrogens is 538 g/mol. The fourth-order valence-electron chi connectivity index (χ4n) is 3.01. The van der Waals surface area contributed by atoms with Gasteiger partial charge in [0, 0.05) is 31.7 Å². The average molecular weight is 562 g/mol. The third-order valence-corrected chi connectivity index (χ3v) is 4.29. The van der Waals surface area contributed by atoms with Gasteiger partial charge in [0.1, 0.15) is 0 Å². The van der Waals surface area contributed by atoms with E-state index in [0.29, 0.717) is 0 Å². The molecule has 1 heterocycles. The van der Waals surface area contributed by atoms with Gasteiger partial charge in [0.2, 0.25) is 0 Å². The number of aliphatic hydroxyl groups excluding tert-OH is 1. The van der Waals surface area contributed by atoms with Crippen LogP contribution in [0.25, 0.3) is 32.8 Å². The van der Waals surface area contributed by atoms with Gasteiger partial charge in [-0.25, -0.2) is 0 Å². The molecule has 0 bridgehead atoms. The first-order valence-electron chi connectivity index (χ1n) is 9.10. The van der Waals surface area contributed by atoms with Crippen LogP contribution in [0, 0.1) is 13.0 Å². The third kappa shape index (κ3) is 5.83. The van der Waals surface area contributed by atoms with Gasteiger partial charge in [-0.1, -0.05) is 49.4 Å². The molecule has 0 saturated heterocycles. The molecule has 0 spiro atoms. The zero-order valence-corrected chi connectivity index (χ0v) is 19.0. The molecule has 0 aliphatic heterocycles. The number of carbonyl (C=O) groups excluding carboxylic acids is 1. The van der Waals surface area contributed by atoms with E-state index in [1.165, 1.54) is 47.0 Å². The van der Waals surface area contributed by atoms with Crippen LogP contribution >= 0.6 is 0 Å². The summed E-state index contributed by atoms with van der Waals surface area (Å²) >= 11 is 0. The number of hydrogen-bond acceptors (Lipinski definition) is 2. The van der Waals surface area contributed by atoms with Crippen molar-refractivity contribution < 1.29 is 30.0 Å². The molecule has 4 rings (SSSR count). The van der Waals surface area contributed by atoms with E-state index in [1.807, 2.05) is 12.3 Å². The molecule has 1 aromatic heterocycles. The Bertz CT molecular complexity index is 1160. The van der Waals surface area contributed by atoms with Crippen LogP contribution in [0.2, 0.25) is 0 Å². The van der Waals surface area contributed by atoms with Crippen molar-refractivity contribution in [2.45, 2.75) is 20.8 Å². The van der Waals surface area contributed by atoms with Gasteiger partial charge in [0.25, 0.3) is 0 Å². The number of rotatable bonds is 2. The zero-order chi connectivity index (χ0) is 20.1. The maximum atomic E-state index is 8.40. The molecule has 3 aromatic carbocycles. The van der Waals surface area contributed by atoms with Gasteiger partial charge in [-0.05, 0) is 28.8 Å². The zero-order valence-electron chi connectivity index (χ0n) is 16.6. The maximum absolute atomic E-state index is 8.40. The summed E-state index contributed by atoms with van der Waals surface area (Å²) in [6, 6.07) is 24.4. The van der Waals surface area contributed by atoms with Gasteiger partial charge in [-0.15, -0.1) is 35.4 Å². The second kappa shape index (κ2) is 10.1. The third-order valence-electron chi connectivity index (χ3n) is 4.29. The topological polar surface area (TPSA) is 54.5 Å². The Morgan fingerprint density at radius 3 is 2.34 bits per heavy atom. The molecule has 29 heavy (non-hydrogen) atoms. The van der Waals surface area contributed by atoms with E-state index in [4.69, 9.17) is 9.90 Å². The van der Waals surface area contributed by atoms with Crippen LogP contribution in [0.4, 0.5) is 0 Å². The Balaban J connectivity index is 0.000000327. The van der Waals surface area contributed by atoms with Crippen molar-refractivity contribution in [3.05, 3.63) is 90.3 Å². The van der Waals surface area contributed by atoms with Crippen LogP contribution < -0.4 is 0 Å². The number of ketones is 1. The quantitative estimate of drug-likeness (QED) is 0.105. The van der Waals surface area contributed by atoms with Gasteiger partial charge in [0.05, 0.1) is 18.8 Å². The van der Waals surface area contributed by atoms with Crippen molar-refractivity contribution in [3.63, 3.8) is 0 Å². The number of aromatic nitrogens is 1. The summed E-state index contributed by atoms with van der Waals surface area (Å²) in [5.74, 6) is 0.250. The molecule has 0 unspecified atom stereocenters. The summed E-state index contributed by atoms with van der Waals surface area (Å²) in [5.41, 5.74) is 3.22. The van der Waals surface area contributed by atoms with Gasteiger partial charge >= 0.3 is 5.78 Å². The summed E-state index contributed by atoms with van der Waals surface area (Å²) in [4.78, 5) is 13.0. The minimum Gasteiger partial charge on any atom is -0.512 e. The molecule has 149 valence electrons. The molecule has 0 fully saturated rings. The second-order valence-corrected chi connectivity index (χ2v) is 6.78. The average Bonchev–Trinajstić information content (AvgIpc) is 2.67. The number of nitrogens with zero attached hydrogens (tertiary/aromatic N) is 1. The molecule has 2 N–H and O–H groups in total. The van der Waals surface area contributed by atoms with Crippen LogP contribution in [0.15, 0.2) is 78.7 Å². The normalized spacial score (nSPS) is 10.8. The van der Waals surface area contributed by atoms with E-state index in [1.54, 1.807) is 0 Å². The van der Waals surface area contributed by atoms with Crippen molar-refractivity contribution in [2.75, 3.05) is 0 Å². The van der Waals surface area contributed by atoms with Gasteiger partial charge in [0.15, 0.2) is 0 Å². The molecule has 0 atom stereocenters. The van der Waals surface area contributed by atoms with Crippen LogP contribution in [-0.4, -0.2) is 20.7 Å². The Morgan fingerprint density at radius 2 is 1.72 bits per heavy atom. The van der Waals surface area contributed by atoms with Gasteiger partial charge < -0.3 is 10.1 Å². The summed E-state index contributed by atoms with van der Waals surface area (Å²) in [5, 5.41) is 13.3. The van der Waals surface area contributed by atoms with Gasteiger partial charge in [-0.2, -0.15) is 0 Å². The van der Waals surface area contributed by atoms with E-state index in [2.05, 4.69) is 72.6 Å². The van der Waals surface area contributed by atoms with Crippen molar-refractivity contribution in [1.82, 2.24) is 4.98 Å². The smallest absolute Gasteiger partial charge is 0.316 e. The molecule has 1 radical (unpaired) electrons. The van der Waals surface area contributed by atoms with E-state index >= 15 is 0 Å². The molecule has 0 aliphatic rings. The standard InChI is InChI=1S/C20H14N.C5H8O2.Ir/c1-14-6-8-16(9-7-14)20-12-17-11-10-15-4-2-3-5-18(15)19(17)13-21-20;1-4(6)3-5(2)7;/h2-8,10-13H,1H3;3,6H,1-2H3;/q-1;;/p+1/b;4-3-;. The maximum Gasteiger partial charge on any atom is 0.316 e. The first kappa shape index (κ1) is 22.5. The molecule has 0 amide bonds. The van der Waals surface area contributed by atoms with Crippen molar-refractivity contribution >= 4 is 27.3 Å². The number of aliphatic hydroxyl groups is 1. The largest absolute Gasteiger partial charge is 0.512 e. The van der Waals surface area contributed by atoms with Gasteiger partial charge in [-0.3, -0.25) is 4.79 Å². The van der Waals surface area contributed by atoms with E-state index in [-0.39, 0.29) is 31.6 Å².